The molecule has 1 amide bonds. The number of likely N-dealkylation sites (tertiary alicyclic amines) is 1. The van der Waals surface area contributed by atoms with E-state index in [-0.39, 0.29) is 17.4 Å². The molecular weight excluding hydrogens is 516 g/mol. The third kappa shape index (κ3) is 4.96. The third-order valence-corrected chi connectivity index (χ3v) is 9.04. The first-order chi connectivity index (χ1) is 19.0. The molecule has 39 heavy (non-hydrogen) atoms. The number of aliphatic hydroxyl groups is 1. The van der Waals surface area contributed by atoms with Gasteiger partial charge < -0.3 is 14.7 Å². The second-order valence-electron chi connectivity index (χ2n) is 10.6. The average molecular weight is 551 g/mol. The highest BCUT2D eigenvalue weighted by atomic mass is 32.2. The number of rotatable bonds is 9. The van der Waals surface area contributed by atoms with Gasteiger partial charge in [0, 0.05) is 42.8 Å². The number of anilines is 1. The highest BCUT2D eigenvalue weighted by molar-refractivity contribution is 7.94. The number of nitrogens with zero attached hydrogens (tertiary/aromatic N) is 4. The van der Waals surface area contributed by atoms with E-state index in [2.05, 4.69) is 29.2 Å². The van der Waals surface area contributed by atoms with Crippen LogP contribution in [0.4, 0.5) is 5.69 Å². The van der Waals surface area contributed by atoms with Crippen LogP contribution in [-0.2, 0) is 21.1 Å². The van der Waals surface area contributed by atoms with Crippen molar-refractivity contribution in [1.29, 1.82) is 0 Å². The lowest BCUT2D eigenvalue weighted by Gasteiger charge is -2.45. The first-order valence-electron chi connectivity index (χ1n) is 13.5. The lowest BCUT2D eigenvalue weighted by atomic mass is 9.64. The Balaban J connectivity index is 1.27. The van der Waals surface area contributed by atoms with Crippen molar-refractivity contribution in [3.05, 3.63) is 65.4 Å². The van der Waals surface area contributed by atoms with Crippen molar-refractivity contribution in [3.63, 3.8) is 0 Å². The van der Waals surface area contributed by atoms with E-state index >= 15 is 0 Å². The predicted molar refractivity (Wildman–Crippen MR) is 148 cm³/mol. The summed E-state index contributed by atoms with van der Waals surface area (Å²) < 4.78 is 12.1. The van der Waals surface area contributed by atoms with Crippen molar-refractivity contribution >= 4 is 23.6 Å². The molecule has 0 unspecified atom stereocenters. The fraction of sp³-hybridized carbons (Fsp3) is 0.448. The van der Waals surface area contributed by atoms with Gasteiger partial charge in [0.2, 0.25) is 0 Å². The standard InChI is InChI=1S/C29H34N4O5S/c1-36-24-10-8-22(9-11-24)33-26-25(27(30-33)39-38-37-2)13-17-32(28(26)35)21-6-4-20(5-7-21)29(14-3-15-29)19-31-16-12-23(34)18-31/h4-11,23,34H,3,12-19H2,1-2H3/t23-/m1/s1. The Labute approximate surface area is 232 Å². The third-order valence-electron chi connectivity index (χ3n) is 8.35. The summed E-state index contributed by atoms with van der Waals surface area (Å²) >= 11 is 1.01. The van der Waals surface area contributed by atoms with Crippen molar-refractivity contribution < 1.29 is 23.9 Å². The number of hydrogen-bond donors (Lipinski definition) is 1. The Bertz CT molecular complexity index is 1320. The van der Waals surface area contributed by atoms with E-state index in [1.54, 1.807) is 11.8 Å². The Hall–Kier alpha value is -2.89. The molecule has 9 nitrogen and oxygen atoms in total. The molecule has 0 spiro atoms. The second-order valence-corrected chi connectivity index (χ2v) is 11.3. The van der Waals surface area contributed by atoms with Crippen molar-refractivity contribution in [2.24, 2.45) is 0 Å². The Morgan fingerprint density at radius 3 is 2.41 bits per heavy atom. The topological polar surface area (TPSA) is 89.3 Å². The summed E-state index contributed by atoms with van der Waals surface area (Å²) in [7, 11) is 3.07. The van der Waals surface area contributed by atoms with Crippen LogP contribution in [0.1, 0.15) is 47.3 Å². The summed E-state index contributed by atoms with van der Waals surface area (Å²) in [6.45, 7) is 3.27. The van der Waals surface area contributed by atoms with Crippen LogP contribution in [0.25, 0.3) is 5.69 Å². The molecule has 0 radical (unpaired) electrons. The van der Waals surface area contributed by atoms with Crippen LogP contribution >= 0.6 is 12.0 Å². The van der Waals surface area contributed by atoms with Gasteiger partial charge >= 0.3 is 0 Å². The minimum atomic E-state index is -0.203. The van der Waals surface area contributed by atoms with Crippen LogP contribution in [0, 0.1) is 0 Å². The number of carbonyl (C=O) groups excluding carboxylic acids is 1. The van der Waals surface area contributed by atoms with E-state index in [1.807, 2.05) is 29.2 Å². The summed E-state index contributed by atoms with van der Waals surface area (Å²) in [6, 6.07) is 16.0. The summed E-state index contributed by atoms with van der Waals surface area (Å²) in [5, 5.41) is 15.3. The molecule has 10 heteroatoms. The van der Waals surface area contributed by atoms with Crippen LogP contribution in [0.2, 0.25) is 0 Å². The average Bonchev–Trinajstić information content (AvgIpc) is 3.53. The molecular formula is C29H34N4O5S. The summed E-state index contributed by atoms with van der Waals surface area (Å²) in [5.41, 5.74) is 4.49. The van der Waals surface area contributed by atoms with Gasteiger partial charge in [-0.25, -0.2) is 9.57 Å². The molecule has 2 fully saturated rings. The first-order valence-corrected chi connectivity index (χ1v) is 14.2. The van der Waals surface area contributed by atoms with E-state index in [0.717, 1.165) is 73.6 Å². The van der Waals surface area contributed by atoms with Crippen molar-refractivity contribution in [2.45, 2.75) is 48.6 Å². The summed E-state index contributed by atoms with van der Waals surface area (Å²) in [5.74, 6) is 0.635. The number of hydrogen-bond acceptors (Lipinski definition) is 8. The van der Waals surface area contributed by atoms with Gasteiger partial charge in [-0.1, -0.05) is 18.6 Å². The highest BCUT2D eigenvalue weighted by Crippen LogP contribution is 2.45. The molecule has 206 valence electrons. The van der Waals surface area contributed by atoms with Crippen LogP contribution in [0.3, 0.4) is 0 Å². The van der Waals surface area contributed by atoms with Gasteiger partial charge in [0.25, 0.3) is 5.91 Å². The number of ether oxygens (including phenoxy) is 1. The molecule has 1 N–H and O–H groups in total. The van der Waals surface area contributed by atoms with Gasteiger partial charge in [0.1, 0.15) is 11.4 Å². The number of aliphatic hydroxyl groups excluding tert-OH is 1. The molecule has 1 saturated carbocycles. The van der Waals surface area contributed by atoms with E-state index in [4.69, 9.17) is 19.1 Å². The summed E-state index contributed by atoms with van der Waals surface area (Å²) in [6.07, 6.45) is 4.86. The van der Waals surface area contributed by atoms with E-state index in [9.17, 15) is 9.90 Å². The Morgan fingerprint density at radius 2 is 1.79 bits per heavy atom. The molecule has 3 heterocycles. The second kappa shape index (κ2) is 10.9. The number of benzene rings is 2. The smallest absolute Gasteiger partial charge is 0.277 e. The minimum Gasteiger partial charge on any atom is -0.497 e. The SMILES string of the molecule is COOSc1nn(-c2ccc(OC)cc2)c2c1CCN(c1ccc(C3(CN4CC[C@@H](O)C4)CCC3)cc1)C2=O. The minimum absolute atomic E-state index is 0.0963. The van der Waals surface area contributed by atoms with Crippen LogP contribution in [0.5, 0.6) is 5.75 Å². The van der Waals surface area contributed by atoms with Gasteiger partial charge in [-0.2, -0.15) is 9.43 Å². The zero-order chi connectivity index (χ0) is 27.0. The van der Waals surface area contributed by atoms with Gasteiger partial charge in [-0.05, 0) is 67.6 Å². The van der Waals surface area contributed by atoms with Crippen molar-refractivity contribution in [2.75, 3.05) is 45.3 Å². The van der Waals surface area contributed by atoms with Crippen LogP contribution < -0.4 is 9.64 Å². The fourth-order valence-corrected chi connectivity index (χ4v) is 6.69. The predicted octanol–water partition coefficient (Wildman–Crippen LogP) is 4.16. The lowest BCUT2D eigenvalue weighted by Crippen LogP contribution is -2.45. The molecule has 1 aromatic heterocycles. The maximum Gasteiger partial charge on any atom is 0.277 e. The molecule has 2 aromatic carbocycles. The van der Waals surface area contributed by atoms with Crippen molar-refractivity contribution in [3.8, 4) is 11.4 Å². The van der Waals surface area contributed by atoms with E-state index < -0.39 is 0 Å². The Kier molecular flexibility index (Phi) is 7.39. The molecule has 6 rings (SSSR count). The monoisotopic (exact) mass is 550 g/mol. The van der Waals surface area contributed by atoms with Gasteiger partial charge in [-0.3, -0.25) is 9.69 Å². The Morgan fingerprint density at radius 1 is 1.05 bits per heavy atom. The van der Waals surface area contributed by atoms with Crippen LogP contribution in [-0.4, -0.2) is 72.2 Å². The van der Waals surface area contributed by atoms with Crippen molar-refractivity contribution in [1.82, 2.24) is 14.7 Å². The molecule has 2 aliphatic heterocycles. The number of β-amino-alcohol motifs (C(OH)–C–C–N with tert-alkyl or cyclic N) is 1. The normalized spacial score (nSPS) is 20.6. The summed E-state index contributed by atoms with van der Waals surface area (Å²) in [4.78, 5) is 23.0. The molecule has 0 bridgehead atoms. The van der Waals surface area contributed by atoms with Crippen LogP contribution in [0.15, 0.2) is 53.6 Å². The zero-order valence-corrected chi connectivity index (χ0v) is 23.2. The quantitative estimate of drug-likeness (QED) is 0.241. The molecule has 1 saturated heterocycles. The number of fused-ring (bicyclic) bond motifs is 1. The number of amides is 1. The fourth-order valence-electron chi connectivity index (χ4n) is 6.14. The first kappa shape index (κ1) is 26.3. The van der Waals surface area contributed by atoms with Gasteiger partial charge in [0.15, 0.2) is 5.03 Å². The molecule has 3 aliphatic rings. The van der Waals surface area contributed by atoms with Gasteiger partial charge in [-0.15, -0.1) is 0 Å². The highest BCUT2D eigenvalue weighted by Gasteiger charge is 2.41. The maximum atomic E-state index is 14.0. The molecule has 3 aromatic rings. The molecule has 1 aliphatic carbocycles. The van der Waals surface area contributed by atoms with Gasteiger partial charge in [0.05, 0.1) is 38.1 Å². The number of aromatic nitrogens is 2. The maximum absolute atomic E-state index is 14.0. The zero-order valence-electron chi connectivity index (χ0n) is 22.3. The van der Waals surface area contributed by atoms with E-state index in [1.165, 1.54) is 19.1 Å². The molecule has 1 atom stereocenters. The number of carbonyl (C=O) groups is 1. The lowest BCUT2D eigenvalue weighted by molar-refractivity contribution is -0.160. The largest absolute Gasteiger partial charge is 0.497 e. The number of methoxy groups -OCH3 is 1. The van der Waals surface area contributed by atoms with E-state index in [0.29, 0.717) is 23.7 Å².